The predicted molar refractivity (Wildman–Crippen MR) is 261 cm³/mol. The summed E-state index contributed by atoms with van der Waals surface area (Å²) in [7, 11) is 0. The number of carbonyl (C=O) groups excluding carboxylic acids is 7. The molecule has 3 aliphatic heterocycles. The van der Waals surface area contributed by atoms with E-state index in [4.69, 9.17) is 9.47 Å². The summed E-state index contributed by atoms with van der Waals surface area (Å²) < 4.78 is 11.6. The van der Waals surface area contributed by atoms with Gasteiger partial charge in [-0.25, -0.2) is 4.98 Å². The van der Waals surface area contributed by atoms with E-state index in [9.17, 15) is 38.7 Å². The number of fused-ring (bicyclic) bond motifs is 1. The Balaban J connectivity index is 0.770. The average molecular weight is 972 g/mol. The Hall–Kier alpha value is -5.56. The van der Waals surface area contributed by atoms with Crippen molar-refractivity contribution in [2.24, 2.45) is 5.41 Å². The van der Waals surface area contributed by atoms with Gasteiger partial charge in [0.1, 0.15) is 18.1 Å². The summed E-state index contributed by atoms with van der Waals surface area (Å²) in [6, 6.07) is 10.2. The van der Waals surface area contributed by atoms with Crippen LogP contribution >= 0.6 is 11.3 Å². The van der Waals surface area contributed by atoms with Gasteiger partial charge in [-0.1, -0.05) is 63.9 Å². The summed E-state index contributed by atoms with van der Waals surface area (Å²) in [5, 5.41) is 21.9. The van der Waals surface area contributed by atoms with E-state index in [-0.39, 0.29) is 67.6 Å². The van der Waals surface area contributed by atoms with Gasteiger partial charge < -0.3 is 35.4 Å². The first-order valence-corrected chi connectivity index (χ1v) is 25.3. The molecule has 7 amide bonds. The molecule has 0 saturated carbocycles. The molecule has 0 aliphatic carbocycles. The molecule has 3 aromatic rings. The lowest BCUT2D eigenvalue weighted by atomic mass is 9.85. The van der Waals surface area contributed by atoms with Crippen molar-refractivity contribution in [3.05, 3.63) is 70.4 Å². The fourth-order valence-corrected chi connectivity index (χ4v) is 9.67. The number of ether oxygens (including phenoxy) is 2. The van der Waals surface area contributed by atoms with Crippen molar-refractivity contribution >= 4 is 58.4 Å². The third kappa shape index (κ3) is 14.5. The maximum absolute atomic E-state index is 14.0. The minimum absolute atomic E-state index is 0.0171. The van der Waals surface area contributed by atoms with Crippen LogP contribution in [0.5, 0.6) is 0 Å². The summed E-state index contributed by atoms with van der Waals surface area (Å²) in [5.41, 5.74) is 5.20. The molecular formula is C51H69N7O10S. The first-order valence-electron chi connectivity index (χ1n) is 24.4. The van der Waals surface area contributed by atoms with E-state index < -0.39 is 53.3 Å². The lowest BCUT2D eigenvalue weighted by Gasteiger charge is -2.35. The molecule has 0 bridgehead atoms. The minimum Gasteiger partial charge on any atom is -0.391 e. The highest BCUT2D eigenvalue weighted by atomic mass is 32.1. The van der Waals surface area contributed by atoms with E-state index in [2.05, 4.69) is 26.3 Å². The molecule has 2 saturated heterocycles. The second-order valence-electron chi connectivity index (χ2n) is 19.2. The van der Waals surface area contributed by atoms with Crippen LogP contribution in [0.4, 0.5) is 5.69 Å². The Kier molecular flexibility index (Phi) is 19.4. The van der Waals surface area contributed by atoms with E-state index >= 15 is 0 Å². The second-order valence-corrected chi connectivity index (χ2v) is 20.1. The van der Waals surface area contributed by atoms with Crippen LogP contribution in [0.3, 0.4) is 0 Å². The predicted octanol–water partition coefficient (Wildman–Crippen LogP) is 5.67. The highest BCUT2D eigenvalue weighted by molar-refractivity contribution is 7.13. The number of β-amino-alcohol motifs (C(OH)–C–C–N with tert-alkyl or cyclic N) is 1. The standard InChI is InChI=1S/C51H69N7O10S/c1-33-44(69-32-54-33)35-20-18-34(19-21-35)30-53-46(62)40-29-36(59)31-57(40)50(66)45(51(2,3)4)55-41(60)17-8-13-28-68-27-12-7-11-26-67-25-10-6-5-9-24-52-38-16-14-15-37-43(38)49(65)58(48(37)64)39-22-23-42(61)56-47(39)63/h14-16,18-21,32,36,39-40,45,52,59H,5-13,17,22-31H2,1-4H3,(H,53,62)(H,55,60)(H,56,61,63)/t36-,39?,40+,45?/m1/s1. The molecule has 4 atom stereocenters. The largest absolute Gasteiger partial charge is 0.391 e. The third-order valence-electron chi connectivity index (χ3n) is 12.7. The Morgan fingerprint density at radius 2 is 1.55 bits per heavy atom. The van der Waals surface area contributed by atoms with Crippen molar-refractivity contribution in [2.75, 3.05) is 44.8 Å². The third-order valence-corrected chi connectivity index (χ3v) is 13.7. The number of piperidine rings is 1. The lowest BCUT2D eigenvalue weighted by Crippen LogP contribution is -2.57. The van der Waals surface area contributed by atoms with E-state index in [0.29, 0.717) is 51.5 Å². The number of amides is 7. The summed E-state index contributed by atoms with van der Waals surface area (Å²) >= 11 is 1.58. The molecule has 0 radical (unpaired) electrons. The van der Waals surface area contributed by atoms with Crippen LogP contribution in [0, 0.1) is 12.3 Å². The molecule has 6 rings (SSSR count). The highest BCUT2D eigenvalue weighted by Gasteiger charge is 2.46. The average Bonchev–Trinajstić information content (AvgIpc) is 4.01. The fraction of sp³-hybridized carbons (Fsp3) is 0.569. The number of hydrogen-bond acceptors (Lipinski definition) is 13. The second kappa shape index (κ2) is 25.3. The van der Waals surface area contributed by atoms with Crippen molar-refractivity contribution in [1.29, 1.82) is 0 Å². The van der Waals surface area contributed by atoms with E-state index in [0.717, 1.165) is 71.5 Å². The molecule has 4 heterocycles. The van der Waals surface area contributed by atoms with Gasteiger partial charge in [0, 0.05) is 71.0 Å². The molecule has 2 fully saturated rings. The molecule has 17 nitrogen and oxygen atoms in total. The number of rotatable bonds is 26. The van der Waals surface area contributed by atoms with Crippen LogP contribution in [0.15, 0.2) is 48.0 Å². The number of aromatic nitrogens is 1. The summed E-state index contributed by atoms with van der Waals surface area (Å²) in [5.74, 6) is -3.05. The van der Waals surface area contributed by atoms with Crippen LogP contribution in [0.25, 0.3) is 10.4 Å². The van der Waals surface area contributed by atoms with Crippen molar-refractivity contribution in [3.63, 3.8) is 0 Å². The quantitative estimate of drug-likeness (QED) is 0.0485. The van der Waals surface area contributed by atoms with E-state index in [1.54, 1.807) is 29.5 Å². The van der Waals surface area contributed by atoms with Gasteiger partial charge in [-0.3, -0.25) is 43.8 Å². The normalized spacial score (nSPS) is 18.6. The number of nitrogens with zero attached hydrogens (tertiary/aromatic N) is 3. The van der Waals surface area contributed by atoms with Crippen molar-refractivity contribution < 1.29 is 48.1 Å². The molecule has 1 aromatic heterocycles. The summed E-state index contributed by atoms with van der Waals surface area (Å²) in [6.07, 6.45) is 7.63. The number of unbranched alkanes of at least 4 members (excludes halogenated alkanes) is 6. The maximum atomic E-state index is 14.0. The number of nitrogens with one attached hydrogen (secondary N) is 4. The lowest BCUT2D eigenvalue weighted by molar-refractivity contribution is -0.144. The van der Waals surface area contributed by atoms with E-state index in [1.165, 1.54) is 4.90 Å². The molecule has 18 heteroatoms. The van der Waals surface area contributed by atoms with Gasteiger partial charge >= 0.3 is 0 Å². The number of carbonyl (C=O) groups is 7. The zero-order chi connectivity index (χ0) is 49.5. The first kappa shape index (κ1) is 52.8. The Morgan fingerprint density at radius 1 is 0.884 bits per heavy atom. The molecule has 69 heavy (non-hydrogen) atoms. The molecule has 2 unspecified atom stereocenters. The van der Waals surface area contributed by atoms with Crippen LogP contribution in [0.1, 0.15) is 136 Å². The summed E-state index contributed by atoms with van der Waals surface area (Å²) in [4.78, 5) is 98.6. The number of aryl methyl sites for hydroxylation is 1. The Labute approximate surface area is 408 Å². The van der Waals surface area contributed by atoms with Gasteiger partial charge in [0.25, 0.3) is 11.8 Å². The summed E-state index contributed by atoms with van der Waals surface area (Å²) in [6.45, 7) is 11.0. The van der Waals surface area contributed by atoms with Gasteiger partial charge in [0.05, 0.1) is 33.3 Å². The number of thiazole rings is 1. The van der Waals surface area contributed by atoms with Crippen LogP contribution < -0.4 is 21.3 Å². The van der Waals surface area contributed by atoms with Crippen molar-refractivity contribution in [1.82, 2.24) is 30.7 Å². The SMILES string of the molecule is Cc1ncsc1-c1ccc(CNC(=O)[C@@H]2C[C@@H](O)CN2C(=O)C(NC(=O)CCCCOCCCCCOCCCCCCNc2cccc3c2C(=O)N(C2CCC(=O)NC2=O)C3=O)C(C)(C)C)cc1. The molecule has 0 spiro atoms. The number of benzene rings is 2. The van der Waals surface area contributed by atoms with Gasteiger partial charge in [-0.05, 0) is 87.0 Å². The Bertz CT molecular complexity index is 2280. The number of likely N-dealkylation sites (tertiary alicyclic amines) is 1. The number of hydrogen-bond donors (Lipinski definition) is 5. The topological polar surface area (TPSA) is 226 Å². The molecule has 2 aromatic carbocycles. The van der Waals surface area contributed by atoms with Crippen LogP contribution in [-0.2, 0) is 40.0 Å². The smallest absolute Gasteiger partial charge is 0.264 e. The number of aliphatic hydroxyl groups is 1. The van der Waals surface area contributed by atoms with Crippen LogP contribution in [-0.4, -0.2) is 125 Å². The molecule has 3 aliphatic rings. The zero-order valence-electron chi connectivity index (χ0n) is 40.4. The van der Waals surface area contributed by atoms with Crippen LogP contribution in [0.2, 0.25) is 0 Å². The zero-order valence-corrected chi connectivity index (χ0v) is 41.3. The van der Waals surface area contributed by atoms with Gasteiger partial charge in [0.2, 0.25) is 29.5 Å². The molecule has 5 N–H and O–H groups in total. The monoisotopic (exact) mass is 971 g/mol. The molecular weight excluding hydrogens is 903 g/mol. The number of imide groups is 2. The maximum Gasteiger partial charge on any atom is 0.264 e. The minimum atomic E-state index is -0.994. The first-order chi connectivity index (χ1) is 33.1. The van der Waals surface area contributed by atoms with Gasteiger partial charge in [-0.15, -0.1) is 11.3 Å². The molecule has 374 valence electrons. The van der Waals surface area contributed by atoms with Gasteiger partial charge in [0.15, 0.2) is 0 Å². The van der Waals surface area contributed by atoms with Crippen molar-refractivity contribution in [3.8, 4) is 10.4 Å². The highest BCUT2D eigenvalue weighted by Crippen LogP contribution is 2.33. The van der Waals surface area contributed by atoms with E-state index in [1.807, 2.05) is 57.5 Å². The number of aliphatic hydroxyl groups excluding tert-OH is 1. The fourth-order valence-electron chi connectivity index (χ4n) is 8.86. The number of anilines is 1. The Morgan fingerprint density at radius 3 is 2.20 bits per heavy atom. The van der Waals surface area contributed by atoms with Crippen molar-refractivity contribution in [2.45, 2.75) is 142 Å². The van der Waals surface area contributed by atoms with Gasteiger partial charge in [-0.2, -0.15) is 0 Å².